The maximum atomic E-state index is 5.84. The highest BCUT2D eigenvalue weighted by Crippen LogP contribution is 2.03. The summed E-state index contributed by atoms with van der Waals surface area (Å²) in [4.78, 5) is 0. The van der Waals surface area contributed by atoms with Crippen LogP contribution < -0.4 is 5.73 Å². The molecule has 1 unspecified atom stereocenters. The van der Waals surface area contributed by atoms with E-state index >= 15 is 0 Å². The maximum absolute atomic E-state index is 5.84. The van der Waals surface area contributed by atoms with Crippen LogP contribution in [-0.2, 0) is 0 Å². The summed E-state index contributed by atoms with van der Waals surface area (Å²) in [5.41, 5.74) is 10.9. The van der Waals surface area contributed by atoms with E-state index in [1.54, 1.807) is 0 Å². The molecular formula is C7H13NSi. The van der Waals surface area contributed by atoms with Crippen LogP contribution in [0.15, 0.2) is 23.6 Å². The molecule has 9 heavy (non-hydrogen) atoms. The van der Waals surface area contributed by atoms with Crippen LogP contribution in [0.4, 0.5) is 0 Å². The second-order valence-electron chi connectivity index (χ2n) is 2.42. The molecule has 50 valence electrons. The minimum absolute atomic E-state index is 0.458. The summed E-state index contributed by atoms with van der Waals surface area (Å²) in [6.45, 7) is 2.15. The van der Waals surface area contributed by atoms with Crippen molar-refractivity contribution in [1.82, 2.24) is 0 Å². The third kappa shape index (κ3) is 1.53. The molecule has 0 fully saturated rings. The van der Waals surface area contributed by atoms with Crippen LogP contribution in [0.2, 0.25) is 0 Å². The van der Waals surface area contributed by atoms with E-state index in [0.29, 0.717) is 5.67 Å². The first-order valence-electron chi connectivity index (χ1n) is 3.45. The fourth-order valence-corrected chi connectivity index (χ4v) is 3.02. The van der Waals surface area contributed by atoms with Gasteiger partial charge in [0.15, 0.2) is 0 Å². The first-order chi connectivity index (χ1) is 4.34. The molecule has 0 aromatic heterocycles. The second kappa shape index (κ2) is 2.99. The van der Waals surface area contributed by atoms with Gasteiger partial charge in [-0.25, -0.2) is 0 Å². The molecule has 1 atom stereocenters. The minimum atomic E-state index is -0.758. The number of hydrogen-bond donors (Lipinski definition) is 1. The second-order valence-corrected chi connectivity index (χ2v) is 5.20. The number of rotatable bonds is 2. The predicted molar refractivity (Wildman–Crippen MR) is 43.7 cm³/mol. The van der Waals surface area contributed by atoms with E-state index in [1.807, 2.05) is 0 Å². The summed E-state index contributed by atoms with van der Waals surface area (Å²) in [6.07, 6.45) is 5.35. The molecule has 0 saturated heterocycles. The quantitative estimate of drug-likeness (QED) is 0.560. The standard InChI is InChI=1S/C7H13NSi/c1-2-7(8)9-5-3-4-6-9/h3-7,9H,2,8H2,1H3. The van der Waals surface area contributed by atoms with Crippen LogP contribution in [-0.4, -0.2) is 14.5 Å². The summed E-state index contributed by atoms with van der Waals surface area (Å²) in [6, 6.07) is 0. The molecule has 1 nitrogen and oxygen atoms in total. The lowest BCUT2D eigenvalue weighted by atomic mass is 10.5. The summed E-state index contributed by atoms with van der Waals surface area (Å²) in [7, 11) is -0.758. The lowest BCUT2D eigenvalue weighted by Gasteiger charge is -2.10. The Balaban J connectivity index is 2.43. The van der Waals surface area contributed by atoms with Crippen LogP contribution in [0.3, 0.4) is 0 Å². The molecule has 0 bridgehead atoms. The van der Waals surface area contributed by atoms with E-state index in [9.17, 15) is 0 Å². The highest BCUT2D eigenvalue weighted by Gasteiger charge is 2.12. The molecule has 0 aromatic rings. The molecule has 0 saturated carbocycles. The van der Waals surface area contributed by atoms with Crippen molar-refractivity contribution in [2.75, 3.05) is 0 Å². The smallest absolute Gasteiger partial charge is 0.103 e. The summed E-state index contributed by atoms with van der Waals surface area (Å²) in [5, 5.41) is 0. The molecule has 1 heterocycles. The Morgan fingerprint density at radius 3 is 2.44 bits per heavy atom. The lowest BCUT2D eigenvalue weighted by molar-refractivity contribution is 0.842. The van der Waals surface area contributed by atoms with E-state index in [-0.39, 0.29) is 0 Å². The molecular weight excluding hydrogens is 126 g/mol. The highest BCUT2D eigenvalue weighted by molar-refractivity contribution is 6.71. The third-order valence-electron chi connectivity index (χ3n) is 1.74. The average Bonchev–Trinajstić information content (AvgIpc) is 2.37. The number of nitrogens with two attached hydrogens (primary N) is 1. The molecule has 2 N–H and O–H groups in total. The Morgan fingerprint density at radius 1 is 1.44 bits per heavy atom. The summed E-state index contributed by atoms with van der Waals surface area (Å²) < 4.78 is 0. The largest absolute Gasteiger partial charge is 0.330 e. The predicted octanol–water partition coefficient (Wildman–Crippen LogP) is 0.694. The van der Waals surface area contributed by atoms with Crippen LogP contribution in [0.25, 0.3) is 0 Å². The monoisotopic (exact) mass is 139 g/mol. The molecule has 1 rings (SSSR count). The van der Waals surface area contributed by atoms with E-state index in [4.69, 9.17) is 5.73 Å². The molecule has 0 aromatic carbocycles. The van der Waals surface area contributed by atoms with Gasteiger partial charge in [0.25, 0.3) is 0 Å². The van der Waals surface area contributed by atoms with Gasteiger partial charge in [-0.15, -0.1) is 0 Å². The van der Waals surface area contributed by atoms with E-state index in [2.05, 4.69) is 30.5 Å². The fourth-order valence-electron chi connectivity index (χ4n) is 1.01. The van der Waals surface area contributed by atoms with Gasteiger partial charge in [-0.05, 0) is 6.42 Å². The first-order valence-corrected chi connectivity index (χ1v) is 5.45. The van der Waals surface area contributed by atoms with Gasteiger partial charge >= 0.3 is 0 Å². The Hall–Kier alpha value is -0.343. The van der Waals surface area contributed by atoms with Crippen LogP contribution >= 0.6 is 0 Å². The van der Waals surface area contributed by atoms with Gasteiger partial charge in [-0.3, -0.25) is 0 Å². The number of hydrogen-bond acceptors (Lipinski definition) is 1. The molecule has 0 radical (unpaired) electrons. The van der Waals surface area contributed by atoms with E-state index in [1.165, 1.54) is 0 Å². The zero-order valence-electron chi connectivity index (χ0n) is 5.75. The van der Waals surface area contributed by atoms with Crippen molar-refractivity contribution in [3.63, 3.8) is 0 Å². The average molecular weight is 139 g/mol. The summed E-state index contributed by atoms with van der Waals surface area (Å²) >= 11 is 0. The zero-order valence-corrected chi connectivity index (χ0v) is 6.90. The minimum Gasteiger partial charge on any atom is -0.330 e. The van der Waals surface area contributed by atoms with Crippen molar-refractivity contribution >= 4 is 8.80 Å². The molecule has 2 heteroatoms. The van der Waals surface area contributed by atoms with Crippen molar-refractivity contribution in [1.29, 1.82) is 0 Å². The van der Waals surface area contributed by atoms with Gasteiger partial charge in [-0.1, -0.05) is 30.5 Å². The van der Waals surface area contributed by atoms with Crippen molar-refractivity contribution in [3.8, 4) is 0 Å². The van der Waals surface area contributed by atoms with Gasteiger partial charge in [0, 0.05) is 5.67 Å². The van der Waals surface area contributed by atoms with Crippen molar-refractivity contribution in [2.45, 2.75) is 19.0 Å². The van der Waals surface area contributed by atoms with Gasteiger partial charge in [0.2, 0.25) is 0 Å². The molecule has 0 amide bonds. The molecule has 1 aliphatic heterocycles. The normalized spacial score (nSPS) is 21.1. The fraction of sp³-hybridized carbons (Fsp3) is 0.429. The summed E-state index contributed by atoms with van der Waals surface area (Å²) in [5.74, 6) is 0. The van der Waals surface area contributed by atoms with Crippen molar-refractivity contribution in [2.24, 2.45) is 5.73 Å². The first kappa shape index (κ1) is 6.77. The Kier molecular flexibility index (Phi) is 2.25. The Morgan fingerprint density at radius 2 is 2.00 bits per heavy atom. The maximum Gasteiger partial charge on any atom is 0.103 e. The van der Waals surface area contributed by atoms with E-state index in [0.717, 1.165) is 6.42 Å². The molecule has 1 aliphatic rings. The van der Waals surface area contributed by atoms with Gasteiger partial charge in [0.1, 0.15) is 8.80 Å². The molecule has 0 spiro atoms. The number of allylic oxidation sites excluding steroid dienone is 2. The van der Waals surface area contributed by atoms with Gasteiger partial charge in [0.05, 0.1) is 0 Å². The zero-order chi connectivity index (χ0) is 6.69. The Bertz CT molecular complexity index is 128. The van der Waals surface area contributed by atoms with E-state index < -0.39 is 8.80 Å². The van der Waals surface area contributed by atoms with Gasteiger partial charge in [-0.2, -0.15) is 0 Å². The van der Waals surface area contributed by atoms with Gasteiger partial charge < -0.3 is 5.73 Å². The van der Waals surface area contributed by atoms with Crippen molar-refractivity contribution < 1.29 is 0 Å². The van der Waals surface area contributed by atoms with Crippen LogP contribution in [0.1, 0.15) is 13.3 Å². The van der Waals surface area contributed by atoms with Crippen LogP contribution in [0.5, 0.6) is 0 Å². The topological polar surface area (TPSA) is 26.0 Å². The van der Waals surface area contributed by atoms with Crippen LogP contribution in [0, 0.1) is 0 Å². The Labute approximate surface area is 57.9 Å². The van der Waals surface area contributed by atoms with Crippen molar-refractivity contribution in [3.05, 3.63) is 23.6 Å². The highest BCUT2D eigenvalue weighted by atomic mass is 28.3. The molecule has 0 aliphatic carbocycles. The lowest BCUT2D eigenvalue weighted by Crippen LogP contribution is -2.34. The third-order valence-corrected chi connectivity index (χ3v) is 4.54. The SMILES string of the molecule is CCC(N)[SiH]1C=CC=C1.